The summed E-state index contributed by atoms with van der Waals surface area (Å²) in [4.78, 5) is 18.4. The number of pyridine rings is 1. The standard InChI is InChI=1S/C14H17N3O2/c1-16-5-3-11(8-16)12-9-17-6-4-10(14(18)19-2)7-13(17)15-12/h4,6-7,9,11H,3,5,8H2,1-2H3. The Kier molecular flexibility index (Phi) is 2.98. The molecule has 3 rings (SSSR count). The van der Waals surface area contributed by atoms with E-state index in [9.17, 15) is 4.79 Å². The summed E-state index contributed by atoms with van der Waals surface area (Å²) in [5.41, 5.74) is 2.44. The van der Waals surface area contributed by atoms with Crippen molar-refractivity contribution in [3.63, 3.8) is 0 Å². The Balaban J connectivity index is 1.94. The summed E-state index contributed by atoms with van der Waals surface area (Å²) in [5, 5.41) is 0. The maximum absolute atomic E-state index is 11.5. The van der Waals surface area contributed by atoms with Crippen LogP contribution in [0.15, 0.2) is 24.5 Å². The first kappa shape index (κ1) is 12.2. The first-order valence-electron chi connectivity index (χ1n) is 6.43. The largest absolute Gasteiger partial charge is 0.465 e. The molecular formula is C14H17N3O2. The molecule has 1 fully saturated rings. The van der Waals surface area contributed by atoms with Crippen molar-refractivity contribution in [2.75, 3.05) is 27.2 Å². The van der Waals surface area contributed by atoms with Gasteiger partial charge < -0.3 is 14.0 Å². The molecule has 2 aromatic rings. The molecule has 5 nitrogen and oxygen atoms in total. The molecule has 0 bridgehead atoms. The normalized spacial score (nSPS) is 20.0. The third kappa shape index (κ3) is 2.21. The molecule has 1 aliphatic heterocycles. The van der Waals surface area contributed by atoms with Crippen LogP contribution in [0.5, 0.6) is 0 Å². The number of carbonyl (C=O) groups is 1. The van der Waals surface area contributed by atoms with Gasteiger partial charge in [0.25, 0.3) is 0 Å². The molecule has 3 heterocycles. The van der Waals surface area contributed by atoms with Gasteiger partial charge in [-0.25, -0.2) is 9.78 Å². The molecule has 2 aromatic heterocycles. The summed E-state index contributed by atoms with van der Waals surface area (Å²) in [6.45, 7) is 2.17. The van der Waals surface area contributed by atoms with E-state index in [0.717, 1.165) is 30.9 Å². The quantitative estimate of drug-likeness (QED) is 0.768. The highest BCUT2D eigenvalue weighted by molar-refractivity contribution is 5.90. The number of nitrogens with zero attached hydrogens (tertiary/aromatic N) is 3. The van der Waals surface area contributed by atoms with Gasteiger partial charge >= 0.3 is 5.97 Å². The molecule has 0 radical (unpaired) electrons. The van der Waals surface area contributed by atoms with E-state index in [1.807, 2.05) is 10.6 Å². The van der Waals surface area contributed by atoms with E-state index >= 15 is 0 Å². The SMILES string of the molecule is COC(=O)c1ccn2cc(C3CCN(C)C3)nc2c1. The number of carbonyl (C=O) groups excluding carboxylic acids is 1. The van der Waals surface area contributed by atoms with Gasteiger partial charge in [-0.3, -0.25) is 0 Å². The number of rotatable bonds is 2. The Morgan fingerprint density at radius 1 is 1.53 bits per heavy atom. The first-order valence-corrected chi connectivity index (χ1v) is 6.43. The highest BCUT2D eigenvalue weighted by atomic mass is 16.5. The maximum atomic E-state index is 11.5. The van der Waals surface area contributed by atoms with Crippen molar-refractivity contribution in [3.05, 3.63) is 35.8 Å². The molecule has 0 aromatic carbocycles. The number of hydrogen-bond donors (Lipinski definition) is 0. The lowest BCUT2D eigenvalue weighted by molar-refractivity contribution is 0.0600. The highest BCUT2D eigenvalue weighted by Gasteiger charge is 2.23. The molecular weight excluding hydrogens is 242 g/mol. The van der Waals surface area contributed by atoms with Crippen molar-refractivity contribution in [2.45, 2.75) is 12.3 Å². The van der Waals surface area contributed by atoms with Crippen LogP contribution in [-0.2, 0) is 4.74 Å². The van der Waals surface area contributed by atoms with Gasteiger partial charge in [0.15, 0.2) is 0 Å². The zero-order valence-corrected chi connectivity index (χ0v) is 11.2. The number of ether oxygens (including phenoxy) is 1. The predicted molar refractivity (Wildman–Crippen MR) is 71.4 cm³/mol. The summed E-state index contributed by atoms with van der Waals surface area (Å²) in [6, 6.07) is 3.53. The molecule has 1 saturated heterocycles. The van der Waals surface area contributed by atoms with Crippen molar-refractivity contribution in [3.8, 4) is 0 Å². The van der Waals surface area contributed by atoms with Gasteiger partial charge in [0, 0.05) is 24.9 Å². The Morgan fingerprint density at radius 3 is 3.05 bits per heavy atom. The van der Waals surface area contributed by atoms with E-state index in [4.69, 9.17) is 4.74 Å². The van der Waals surface area contributed by atoms with Crippen LogP contribution in [0, 0.1) is 0 Å². The monoisotopic (exact) mass is 259 g/mol. The van der Waals surface area contributed by atoms with Crippen molar-refractivity contribution < 1.29 is 9.53 Å². The fourth-order valence-electron chi connectivity index (χ4n) is 2.62. The topological polar surface area (TPSA) is 46.8 Å². The number of imidazole rings is 1. The Morgan fingerprint density at radius 2 is 2.37 bits per heavy atom. The molecule has 5 heteroatoms. The summed E-state index contributed by atoms with van der Waals surface area (Å²) in [7, 11) is 3.52. The van der Waals surface area contributed by atoms with Crippen molar-refractivity contribution in [2.24, 2.45) is 0 Å². The lowest BCUT2D eigenvalue weighted by Crippen LogP contribution is -2.13. The molecule has 1 atom stereocenters. The molecule has 0 saturated carbocycles. The molecule has 0 aliphatic carbocycles. The second kappa shape index (κ2) is 4.66. The van der Waals surface area contributed by atoms with Crippen LogP contribution in [0.4, 0.5) is 0 Å². The summed E-state index contributed by atoms with van der Waals surface area (Å²) >= 11 is 0. The first-order chi connectivity index (χ1) is 9.17. The molecule has 1 unspecified atom stereocenters. The minimum Gasteiger partial charge on any atom is -0.465 e. The average Bonchev–Trinajstić information content (AvgIpc) is 3.02. The van der Waals surface area contributed by atoms with Gasteiger partial charge in [0.05, 0.1) is 18.4 Å². The van der Waals surface area contributed by atoms with Crippen LogP contribution < -0.4 is 0 Å². The zero-order chi connectivity index (χ0) is 13.4. The number of likely N-dealkylation sites (N-methyl/N-ethyl adjacent to an activating group) is 1. The maximum Gasteiger partial charge on any atom is 0.338 e. The summed E-state index contributed by atoms with van der Waals surface area (Å²) in [5.74, 6) is 0.166. The van der Waals surface area contributed by atoms with Crippen LogP contribution in [0.2, 0.25) is 0 Å². The van der Waals surface area contributed by atoms with E-state index in [2.05, 4.69) is 23.1 Å². The minimum absolute atomic E-state index is 0.326. The number of fused-ring (bicyclic) bond motifs is 1. The van der Waals surface area contributed by atoms with Gasteiger partial charge in [-0.2, -0.15) is 0 Å². The van der Waals surface area contributed by atoms with Gasteiger partial charge in [0.1, 0.15) is 5.65 Å². The van der Waals surface area contributed by atoms with Gasteiger partial charge in [-0.1, -0.05) is 0 Å². The van der Waals surface area contributed by atoms with Crippen molar-refractivity contribution in [1.82, 2.24) is 14.3 Å². The van der Waals surface area contributed by atoms with Crippen LogP contribution in [-0.4, -0.2) is 47.5 Å². The van der Waals surface area contributed by atoms with Crippen LogP contribution in [0.3, 0.4) is 0 Å². The number of likely N-dealkylation sites (tertiary alicyclic amines) is 1. The van der Waals surface area contributed by atoms with Gasteiger partial charge in [-0.15, -0.1) is 0 Å². The second-order valence-electron chi connectivity index (χ2n) is 5.09. The van der Waals surface area contributed by atoms with E-state index in [0.29, 0.717) is 11.5 Å². The fourth-order valence-corrected chi connectivity index (χ4v) is 2.62. The van der Waals surface area contributed by atoms with Crippen LogP contribution >= 0.6 is 0 Å². The van der Waals surface area contributed by atoms with E-state index in [1.54, 1.807) is 12.1 Å². The Labute approximate surface area is 111 Å². The fraction of sp³-hybridized carbons (Fsp3) is 0.429. The third-order valence-electron chi connectivity index (χ3n) is 3.71. The lowest BCUT2D eigenvalue weighted by atomic mass is 10.1. The number of esters is 1. The average molecular weight is 259 g/mol. The Bertz CT molecular complexity index is 620. The predicted octanol–water partition coefficient (Wildman–Crippen LogP) is 1.54. The van der Waals surface area contributed by atoms with Crippen LogP contribution in [0.1, 0.15) is 28.4 Å². The minimum atomic E-state index is -0.326. The van der Waals surface area contributed by atoms with Crippen molar-refractivity contribution in [1.29, 1.82) is 0 Å². The molecule has 19 heavy (non-hydrogen) atoms. The lowest BCUT2D eigenvalue weighted by Gasteiger charge is -2.06. The number of hydrogen-bond acceptors (Lipinski definition) is 4. The van der Waals surface area contributed by atoms with Crippen molar-refractivity contribution >= 4 is 11.6 Å². The second-order valence-corrected chi connectivity index (χ2v) is 5.09. The summed E-state index contributed by atoms with van der Waals surface area (Å²) < 4.78 is 6.68. The molecule has 0 amide bonds. The molecule has 100 valence electrons. The Hall–Kier alpha value is -1.88. The van der Waals surface area contributed by atoms with E-state index in [-0.39, 0.29) is 5.97 Å². The molecule has 0 N–H and O–H groups in total. The van der Waals surface area contributed by atoms with Gasteiger partial charge in [-0.05, 0) is 32.1 Å². The van der Waals surface area contributed by atoms with Gasteiger partial charge in [0.2, 0.25) is 0 Å². The summed E-state index contributed by atoms with van der Waals surface area (Å²) in [6.07, 6.45) is 5.06. The smallest absolute Gasteiger partial charge is 0.338 e. The van der Waals surface area contributed by atoms with E-state index < -0.39 is 0 Å². The molecule has 0 spiro atoms. The third-order valence-corrected chi connectivity index (χ3v) is 3.71. The molecule has 1 aliphatic rings. The number of methoxy groups -OCH3 is 1. The van der Waals surface area contributed by atoms with Crippen LogP contribution in [0.25, 0.3) is 5.65 Å². The zero-order valence-electron chi connectivity index (χ0n) is 11.2. The highest BCUT2D eigenvalue weighted by Crippen LogP contribution is 2.25. The van der Waals surface area contributed by atoms with E-state index in [1.165, 1.54) is 7.11 Å². The number of aromatic nitrogens is 2.